The molecule has 0 bridgehead atoms. The number of ether oxygens (including phenoxy) is 1. The second kappa shape index (κ2) is 8.45. The number of alkyl halides is 1. The summed E-state index contributed by atoms with van der Waals surface area (Å²) in [6, 6.07) is 11.4. The highest BCUT2D eigenvalue weighted by Crippen LogP contribution is 2.56. The summed E-state index contributed by atoms with van der Waals surface area (Å²) in [7, 11) is -4.16. The normalized spacial score (nSPS) is 25.8. The number of nitrogens with zero attached hydrogens (tertiary/aromatic N) is 1. The fraction of sp³-hybridized carbons (Fsp3) is 0.458. The van der Waals surface area contributed by atoms with E-state index in [9.17, 15) is 17.6 Å². The lowest BCUT2D eigenvalue weighted by Gasteiger charge is -2.34. The van der Waals surface area contributed by atoms with E-state index in [0.717, 1.165) is 18.4 Å². The van der Waals surface area contributed by atoms with Gasteiger partial charge in [-0.1, -0.05) is 48.5 Å². The molecule has 3 aliphatic rings. The van der Waals surface area contributed by atoms with Gasteiger partial charge in [0.1, 0.15) is 11.9 Å². The maximum atomic E-state index is 15.6. The second-order valence-electron chi connectivity index (χ2n) is 9.21. The zero-order valence-electron chi connectivity index (χ0n) is 18.0. The van der Waals surface area contributed by atoms with E-state index in [1.165, 1.54) is 0 Å². The maximum absolute atomic E-state index is 15.6. The van der Waals surface area contributed by atoms with Gasteiger partial charge in [-0.3, -0.25) is 4.79 Å². The largest absolute Gasteiger partial charge is 0.368 e. The third kappa shape index (κ3) is 4.18. The number of hydrogen-bond donors (Lipinski definition) is 1. The van der Waals surface area contributed by atoms with Crippen molar-refractivity contribution in [1.29, 1.82) is 0 Å². The molecule has 1 aliphatic carbocycles. The topological polar surface area (TPSA) is 75.7 Å². The van der Waals surface area contributed by atoms with Gasteiger partial charge in [-0.2, -0.15) is 0 Å². The number of nitrogens with one attached hydrogen (secondary N) is 1. The number of likely N-dealkylation sites (tertiary alicyclic amines) is 1. The first kappa shape index (κ1) is 22.4. The van der Waals surface area contributed by atoms with Crippen molar-refractivity contribution >= 4 is 15.9 Å². The number of carbonyl (C=O) groups is 1. The van der Waals surface area contributed by atoms with Crippen LogP contribution in [0.3, 0.4) is 0 Å². The predicted octanol–water partition coefficient (Wildman–Crippen LogP) is 3.03. The Labute approximate surface area is 192 Å². The number of amides is 1. The van der Waals surface area contributed by atoms with Crippen molar-refractivity contribution in [3.8, 4) is 11.1 Å². The molecule has 2 aromatic rings. The smallest absolute Gasteiger partial charge is 0.252 e. The van der Waals surface area contributed by atoms with Crippen molar-refractivity contribution < 1.29 is 26.7 Å². The van der Waals surface area contributed by atoms with Gasteiger partial charge in [-0.25, -0.2) is 21.9 Å². The molecule has 1 saturated carbocycles. The lowest BCUT2D eigenvalue weighted by molar-refractivity contribution is -0.157. The van der Waals surface area contributed by atoms with E-state index in [4.69, 9.17) is 4.74 Å². The van der Waals surface area contributed by atoms with Crippen LogP contribution in [0, 0.1) is 11.2 Å². The van der Waals surface area contributed by atoms with E-state index in [0.29, 0.717) is 30.7 Å². The number of sulfonamides is 1. The van der Waals surface area contributed by atoms with Crippen LogP contribution in [-0.2, 0) is 26.0 Å². The van der Waals surface area contributed by atoms with E-state index < -0.39 is 45.4 Å². The van der Waals surface area contributed by atoms with E-state index in [2.05, 4.69) is 4.72 Å². The van der Waals surface area contributed by atoms with Crippen LogP contribution in [0.15, 0.2) is 48.5 Å². The molecule has 1 N–H and O–H groups in total. The molecule has 1 amide bonds. The highest BCUT2D eigenvalue weighted by molar-refractivity contribution is 7.89. The minimum absolute atomic E-state index is 0.117. The molecular weight excluding hydrogens is 450 g/mol. The van der Waals surface area contributed by atoms with E-state index in [-0.39, 0.29) is 12.3 Å². The molecule has 2 saturated heterocycles. The first-order valence-electron chi connectivity index (χ1n) is 11.1. The van der Waals surface area contributed by atoms with Gasteiger partial charge in [0, 0.05) is 30.0 Å². The Morgan fingerprint density at radius 3 is 2.48 bits per heavy atom. The van der Waals surface area contributed by atoms with E-state index in [1.54, 1.807) is 23.1 Å². The molecule has 3 fully saturated rings. The van der Waals surface area contributed by atoms with Gasteiger partial charge >= 0.3 is 0 Å². The number of hydrogen-bond acceptors (Lipinski definition) is 4. The maximum Gasteiger partial charge on any atom is 0.252 e. The van der Waals surface area contributed by atoms with Crippen molar-refractivity contribution in [2.45, 2.75) is 43.9 Å². The minimum atomic E-state index is -4.16. The molecule has 176 valence electrons. The fourth-order valence-electron chi connectivity index (χ4n) is 5.09. The van der Waals surface area contributed by atoms with Gasteiger partial charge in [0.2, 0.25) is 16.0 Å². The van der Waals surface area contributed by atoms with Crippen LogP contribution < -0.4 is 4.72 Å². The van der Waals surface area contributed by atoms with Crippen molar-refractivity contribution in [1.82, 2.24) is 9.62 Å². The van der Waals surface area contributed by atoms with Gasteiger partial charge in [-0.05, 0) is 30.4 Å². The minimum Gasteiger partial charge on any atom is -0.368 e. The number of rotatable bonds is 7. The number of carbonyl (C=O) groups excluding carboxylic acids is 1. The molecule has 33 heavy (non-hydrogen) atoms. The SMILES string of the molecule is O=C([C@H]1CCO1)N1CC2(CC2)[C@H](NS(=O)(=O)CF)[C@@H]1Cc1cccc(-c2ccccc2)c1F. The van der Waals surface area contributed by atoms with Crippen molar-refractivity contribution in [3.05, 3.63) is 59.9 Å². The van der Waals surface area contributed by atoms with Gasteiger partial charge in [-0.15, -0.1) is 0 Å². The first-order valence-corrected chi connectivity index (χ1v) is 12.8. The molecule has 1 spiro atoms. The average Bonchev–Trinajstić information content (AvgIpc) is 3.49. The van der Waals surface area contributed by atoms with Gasteiger partial charge in [0.05, 0.1) is 12.6 Å². The highest BCUT2D eigenvalue weighted by Gasteiger charge is 2.62. The molecule has 3 atom stereocenters. The first-order chi connectivity index (χ1) is 15.8. The van der Waals surface area contributed by atoms with Crippen LogP contribution in [0.5, 0.6) is 0 Å². The number of halogens is 2. The van der Waals surface area contributed by atoms with Crippen LogP contribution in [0.4, 0.5) is 8.78 Å². The standard InChI is InChI=1S/C24H26F2N2O4S/c25-15-33(30,31)27-22-19(28(14-24(22)10-11-24)23(29)20-9-12-32-20)13-17-7-4-8-18(21(17)26)16-5-2-1-3-6-16/h1-8,19-20,22,27H,9-15H2/t19-,20+,22+/m0/s1. The van der Waals surface area contributed by atoms with Crippen LogP contribution in [0.2, 0.25) is 0 Å². The lowest BCUT2D eigenvalue weighted by atomic mass is 9.91. The molecule has 0 aromatic heterocycles. The van der Waals surface area contributed by atoms with Crippen molar-refractivity contribution in [2.24, 2.45) is 5.41 Å². The molecule has 0 radical (unpaired) electrons. The Morgan fingerprint density at radius 1 is 1.15 bits per heavy atom. The van der Waals surface area contributed by atoms with E-state index >= 15 is 4.39 Å². The molecule has 2 aliphatic heterocycles. The third-order valence-corrected chi connectivity index (χ3v) is 8.02. The summed E-state index contributed by atoms with van der Waals surface area (Å²) in [6.45, 7) is 0.863. The molecule has 5 rings (SSSR count). The third-order valence-electron chi connectivity index (χ3n) is 7.12. The Hall–Kier alpha value is -2.36. The highest BCUT2D eigenvalue weighted by atomic mass is 32.2. The predicted molar refractivity (Wildman–Crippen MR) is 119 cm³/mol. The van der Waals surface area contributed by atoms with E-state index in [1.807, 2.05) is 30.3 Å². The van der Waals surface area contributed by atoms with Crippen LogP contribution in [-0.4, -0.2) is 56.6 Å². The summed E-state index contributed by atoms with van der Waals surface area (Å²) in [5.41, 5.74) is 1.11. The monoisotopic (exact) mass is 476 g/mol. The van der Waals surface area contributed by atoms with Crippen LogP contribution in [0.1, 0.15) is 24.8 Å². The summed E-state index contributed by atoms with van der Waals surface area (Å²) >= 11 is 0. The van der Waals surface area contributed by atoms with Crippen molar-refractivity contribution in [3.63, 3.8) is 0 Å². The zero-order chi connectivity index (χ0) is 23.2. The second-order valence-corrected chi connectivity index (χ2v) is 10.9. The summed E-state index contributed by atoms with van der Waals surface area (Å²) < 4.78 is 61.0. The molecule has 0 unspecified atom stereocenters. The van der Waals surface area contributed by atoms with Crippen LogP contribution in [0.25, 0.3) is 11.1 Å². The molecule has 2 aromatic carbocycles. The zero-order valence-corrected chi connectivity index (χ0v) is 18.9. The van der Waals surface area contributed by atoms with Gasteiger partial charge < -0.3 is 9.64 Å². The quantitative estimate of drug-likeness (QED) is 0.667. The molecule has 9 heteroatoms. The lowest BCUT2D eigenvalue weighted by Crippen LogP contribution is -2.53. The van der Waals surface area contributed by atoms with Gasteiger partial charge in [0.25, 0.3) is 5.91 Å². The summed E-state index contributed by atoms with van der Waals surface area (Å²) in [5.74, 6) is -0.612. The van der Waals surface area contributed by atoms with Crippen molar-refractivity contribution in [2.75, 3.05) is 19.2 Å². The molecule has 2 heterocycles. The van der Waals surface area contributed by atoms with Crippen LogP contribution >= 0.6 is 0 Å². The Morgan fingerprint density at radius 2 is 1.88 bits per heavy atom. The average molecular weight is 477 g/mol. The molecular formula is C24H26F2N2O4S. The Bertz CT molecular complexity index is 1150. The fourth-order valence-corrected chi connectivity index (χ4v) is 5.95. The number of benzene rings is 2. The molecule has 6 nitrogen and oxygen atoms in total. The Kier molecular flexibility index (Phi) is 5.74. The summed E-state index contributed by atoms with van der Waals surface area (Å²) in [4.78, 5) is 14.8. The summed E-state index contributed by atoms with van der Waals surface area (Å²) in [6.07, 6.45) is 1.62. The Balaban J connectivity index is 1.50. The summed E-state index contributed by atoms with van der Waals surface area (Å²) in [5, 5.41) is 0. The van der Waals surface area contributed by atoms with Gasteiger partial charge in [0.15, 0.2) is 0 Å².